The molecule has 0 atom stereocenters. The third-order valence-corrected chi connectivity index (χ3v) is 6.35. The number of rotatable bonds is 10. The third kappa shape index (κ3) is 6.74. The minimum absolute atomic E-state index is 0.160. The Morgan fingerprint density at radius 1 is 1.18 bits per heavy atom. The summed E-state index contributed by atoms with van der Waals surface area (Å²) in [5.41, 5.74) is 3.75. The molecule has 0 fully saturated rings. The first-order chi connectivity index (χ1) is 16.3. The van der Waals surface area contributed by atoms with Crippen LogP contribution in [0.3, 0.4) is 0 Å². The molecule has 5 nitrogen and oxygen atoms in total. The first-order valence-corrected chi connectivity index (χ1v) is 12.3. The minimum Gasteiger partial charge on any atom is -0.477 e. The lowest BCUT2D eigenvalue weighted by Gasteiger charge is -2.09. The van der Waals surface area contributed by atoms with Crippen LogP contribution in [0, 0.1) is 12.7 Å². The summed E-state index contributed by atoms with van der Waals surface area (Å²) in [5.74, 6) is -1.72. The Kier molecular flexibility index (Phi) is 8.96. The molecular formula is C26H26ClFN2O3S. The number of anilines is 1. The molecule has 0 saturated heterocycles. The van der Waals surface area contributed by atoms with Crippen molar-refractivity contribution in [1.82, 2.24) is 4.98 Å². The van der Waals surface area contributed by atoms with E-state index >= 15 is 0 Å². The minimum atomic E-state index is -1.22. The summed E-state index contributed by atoms with van der Waals surface area (Å²) < 4.78 is 14.6. The molecule has 3 aromatic rings. The number of nitrogens with zero attached hydrogens (tertiary/aromatic N) is 1. The summed E-state index contributed by atoms with van der Waals surface area (Å²) in [7, 11) is 0. The van der Waals surface area contributed by atoms with Gasteiger partial charge in [-0.15, -0.1) is 11.3 Å². The fourth-order valence-corrected chi connectivity index (χ4v) is 4.33. The monoisotopic (exact) mass is 500 g/mol. The van der Waals surface area contributed by atoms with Crippen LogP contribution in [0.5, 0.6) is 0 Å². The van der Waals surface area contributed by atoms with Crippen molar-refractivity contribution < 1.29 is 19.1 Å². The summed E-state index contributed by atoms with van der Waals surface area (Å²) >= 11 is 6.93. The number of carbonyl (C=O) groups is 2. The van der Waals surface area contributed by atoms with Crippen molar-refractivity contribution in [3.8, 4) is 11.3 Å². The number of carbonyl (C=O) groups excluding carboxylic acids is 1. The van der Waals surface area contributed by atoms with Crippen molar-refractivity contribution in [1.29, 1.82) is 0 Å². The van der Waals surface area contributed by atoms with Crippen LogP contribution in [0.1, 0.15) is 59.7 Å². The number of thiazole rings is 1. The van der Waals surface area contributed by atoms with E-state index in [1.54, 1.807) is 37.3 Å². The Balaban J connectivity index is 1.70. The number of nitrogens with one attached hydrogen (secondary N) is 1. The normalized spacial score (nSPS) is 11.5. The number of unbranched alkanes of at least 4 members (excludes halogenated alkanes) is 3. The molecule has 34 heavy (non-hydrogen) atoms. The second-order valence-electron chi connectivity index (χ2n) is 7.99. The van der Waals surface area contributed by atoms with Gasteiger partial charge in [-0.05, 0) is 66.8 Å². The van der Waals surface area contributed by atoms with Crippen molar-refractivity contribution in [2.24, 2.45) is 0 Å². The SMILES string of the molecule is CCCCCCc1cc(-c2csc(NC(=O)c3ccc(/C=C(\Cl)C(=O)O)cc3)n2)cc(C)c1F. The predicted molar refractivity (Wildman–Crippen MR) is 136 cm³/mol. The summed E-state index contributed by atoms with van der Waals surface area (Å²) in [6.45, 7) is 3.90. The number of aromatic nitrogens is 1. The van der Waals surface area contributed by atoms with Gasteiger partial charge in [-0.2, -0.15) is 0 Å². The summed E-state index contributed by atoms with van der Waals surface area (Å²) in [6, 6.07) is 10.0. The smallest absolute Gasteiger partial charge is 0.347 e. The molecule has 0 aliphatic heterocycles. The highest BCUT2D eigenvalue weighted by atomic mass is 35.5. The molecule has 0 bridgehead atoms. The molecule has 1 aromatic heterocycles. The lowest BCUT2D eigenvalue weighted by atomic mass is 9.99. The number of amides is 1. The van der Waals surface area contributed by atoms with Gasteiger partial charge in [0, 0.05) is 16.5 Å². The van der Waals surface area contributed by atoms with Crippen molar-refractivity contribution in [3.05, 3.63) is 74.9 Å². The average molecular weight is 501 g/mol. The van der Waals surface area contributed by atoms with Gasteiger partial charge in [0.25, 0.3) is 5.91 Å². The first kappa shape index (κ1) is 25.6. The first-order valence-electron chi connectivity index (χ1n) is 11.0. The van der Waals surface area contributed by atoms with Crippen LogP contribution in [-0.4, -0.2) is 22.0 Å². The average Bonchev–Trinajstić information content (AvgIpc) is 3.28. The zero-order valence-corrected chi connectivity index (χ0v) is 20.6. The van der Waals surface area contributed by atoms with Gasteiger partial charge in [-0.25, -0.2) is 14.2 Å². The standard InChI is InChI=1S/C26H26ClFN2O3S/c1-3-4-5-6-7-19-14-20(12-16(2)23(19)28)22-15-34-26(29-22)30-24(31)18-10-8-17(9-11-18)13-21(27)25(32)33/h8-15H,3-7H2,1-2H3,(H,32,33)(H,29,30,31)/b21-13-. The second kappa shape index (κ2) is 11.9. The molecule has 0 unspecified atom stereocenters. The highest BCUT2D eigenvalue weighted by Gasteiger charge is 2.14. The maximum absolute atomic E-state index is 14.6. The van der Waals surface area contributed by atoms with E-state index in [0.717, 1.165) is 31.2 Å². The van der Waals surface area contributed by atoms with Crippen LogP contribution < -0.4 is 5.32 Å². The van der Waals surface area contributed by atoms with E-state index in [2.05, 4.69) is 17.2 Å². The predicted octanol–water partition coefficient (Wildman–Crippen LogP) is 7.30. The Labute approximate surface area is 207 Å². The molecule has 0 saturated carbocycles. The van der Waals surface area contributed by atoms with E-state index < -0.39 is 5.97 Å². The molecule has 1 amide bonds. The number of aryl methyl sites for hydroxylation is 2. The molecule has 1 heterocycles. The van der Waals surface area contributed by atoms with Gasteiger partial charge in [0.15, 0.2) is 5.13 Å². The van der Waals surface area contributed by atoms with Crippen molar-refractivity contribution in [3.63, 3.8) is 0 Å². The number of halogens is 2. The topological polar surface area (TPSA) is 79.3 Å². The fourth-order valence-electron chi connectivity index (χ4n) is 3.49. The molecule has 8 heteroatoms. The second-order valence-corrected chi connectivity index (χ2v) is 9.25. The van der Waals surface area contributed by atoms with Gasteiger partial charge in [-0.1, -0.05) is 49.9 Å². The molecule has 0 spiro atoms. The van der Waals surface area contributed by atoms with Crippen molar-refractivity contribution in [2.75, 3.05) is 5.32 Å². The molecule has 0 radical (unpaired) electrons. The van der Waals surface area contributed by atoms with Crippen LogP contribution in [0.25, 0.3) is 17.3 Å². The molecule has 178 valence electrons. The molecule has 2 aromatic carbocycles. The Morgan fingerprint density at radius 3 is 2.59 bits per heavy atom. The number of carboxylic acids is 1. The number of hydrogen-bond acceptors (Lipinski definition) is 4. The quantitative estimate of drug-likeness (QED) is 0.226. The molecule has 0 aliphatic carbocycles. The number of benzene rings is 2. The van der Waals surface area contributed by atoms with Gasteiger partial charge >= 0.3 is 5.97 Å². The van der Waals surface area contributed by atoms with Gasteiger partial charge in [-0.3, -0.25) is 10.1 Å². The lowest BCUT2D eigenvalue weighted by molar-refractivity contribution is -0.131. The molecular weight excluding hydrogens is 475 g/mol. The fraction of sp³-hybridized carbons (Fsp3) is 0.269. The zero-order chi connectivity index (χ0) is 24.7. The number of aliphatic carboxylic acids is 1. The molecule has 3 rings (SSSR count). The van der Waals surface area contributed by atoms with Crippen molar-refractivity contribution >= 4 is 46.0 Å². The highest BCUT2D eigenvalue weighted by Crippen LogP contribution is 2.29. The van der Waals surface area contributed by atoms with Crippen LogP contribution in [0.4, 0.5) is 9.52 Å². The van der Waals surface area contributed by atoms with Gasteiger partial charge in [0.1, 0.15) is 10.8 Å². The number of hydrogen-bond donors (Lipinski definition) is 2. The van der Waals surface area contributed by atoms with Crippen LogP contribution in [-0.2, 0) is 11.2 Å². The Morgan fingerprint density at radius 2 is 1.91 bits per heavy atom. The van der Waals surface area contributed by atoms with Gasteiger partial charge in [0.05, 0.1) is 5.69 Å². The summed E-state index contributed by atoms with van der Waals surface area (Å²) in [4.78, 5) is 27.9. The maximum Gasteiger partial charge on any atom is 0.347 e. The largest absolute Gasteiger partial charge is 0.477 e. The zero-order valence-electron chi connectivity index (χ0n) is 19.0. The van der Waals surface area contributed by atoms with E-state index in [9.17, 15) is 14.0 Å². The maximum atomic E-state index is 14.6. The highest BCUT2D eigenvalue weighted by molar-refractivity contribution is 7.14. The third-order valence-electron chi connectivity index (χ3n) is 5.32. The lowest BCUT2D eigenvalue weighted by Crippen LogP contribution is -2.11. The summed E-state index contributed by atoms with van der Waals surface area (Å²) in [6.07, 6.45) is 6.30. The van der Waals surface area contributed by atoms with E-state index in [4.69, 9.17) is 16.7 Å². The Bertz CT molecular complexity index is 1210. The van der Waals surface area contributed by atoms with Crippen LogP contribution >= 0.6 is 22.9 Å². The molecule has 2 N–H and O–H groups in total. The van der Waals surface area contributed by atoms with Crippen LogP contribution in [0.2, 0.25) is 0 Å². The van der Waals surface area contributed by atoms with Crippen LogP contribution in [0.15, 0.2) is 46.8 Å². The van der Waals surface area contributed by atoms with Gasteiger partial charge in [0.2, 0.25) is 0 Å². The number of carboxylic acid groups (broad SMARTS) is 1. The van der Waals surface area contributed by atoms with E-state index in [0.29, 0.717) is 39.5 Å². The Hall–Kier alpha value is -3.03. The van der Waals surface area contributed by atoms with E-state index in [1.165, 1.54) is 17.4 Å². The van der Waals surface area contributed by atoms with E-state index in [1.807, 2.05) is 11.4 Å². The van der Waals surface area contributed by atoms with Crippen molar-refractivity contribution in [2.45, 2.75) is 46.0 Å². The van der Waals surface area contributed by atoms with Gasteiger partial charge < -0.3 is 5.11 Å². The summed E-state index contributed by atoms with van der Waals surface area (Å²) in [5, 5.41) is 13.6. The molecule has 0 aliphatic rings. The van der Waals surface area contributed by atoms with E-state index in [-0.39, 0.29) is 16.8 Å².